The second-order valence-corrected chi connectivity index (χ2v) is 4.69. The quantitative estimate of drug-likeness (QED) is 0.601. The number of hydrogen-bond donors (Lipinski definition) is 3. The third kappa shape index (κ3) is 2.94. The van der Waals surface area contributed by atoms with E-state index < -0.39 is 0 Å². The molecule has 1 amide bonds. The number of β-amino-alcohol motifs (C(OH)–C–C–N with tert-alkyl or cyclic N) is 1. The standard InChI is InChI=1S/C12H21N5O2/c1-16-10-2-5-17(6-7-18)8-9(10)11(15-16)12(19)14-4-3-13/h18H,2-8,13H2,1H3,(H,14,19). The summed E-state index contributed by atoms with van der Waals surface area (Å²) in [5.74, 6) is -0.173. The maximum Gasteiger partial charge on any atom is 0.272 e. The van der Waals surface area contributed by atoms with Gasteiger partial charge in [0.15, 0.2) is 5.69 Å². The van der Waals surface area contributed by atoms with E-state index in [0.717, 1.165) is 24.2 Å². The minimum atomic E-state index is -0.173. The van der Waals surface area contributed by atoms with Crippen molar-refractivity contribution in [1.29, 1.82) is 0 Å². The summed E-state index contributed by atoms with van der Waals surface area (Å²) in [6, 6.07) is 0. The van der Waals surface area contributed by atoms with Crippen LogP contribution in [0.5, 0.6) is 0 Å². The maximum atomic E-state index is 12.0. The predicted molar refractivity (Wildman–Crippen MR) is 70.7 cm³/mol. The smallest absolute Gasteiger partial charge is 0.272 e. The lowest BCUT2D eigenvalue weighted by Crippen LogP contribution is -2.35. The Morgan fingerprint density at radius 2 is 2.37 bits per heavy atom. The Hall–Kier alpha value is -1.44. The number of nitrogens with two attached hydrogens (primary N) is 1. The van der Waals surface area contributed by atoms with Crippen LogP contribution in [0.3, 0.4) is 0 Å². The Kier molecular flexibility index (Phi) is 4.52. The van der Waals surface area contributed by atoms with Crippen molar-refractivity contribution in [3.63, 3.8) is 0 Å². The average Bonchev–Trinajstić information content (AvgIpc) is 2.73. The molecule has 2 rings (SSSR count). The van der Waals surface area contributed by atoms with Crippen molar-refractivity contribution in [2.24, 2.45) is 12.8 Å². The number of carbonyl (C=O) groups is 1. The summed E-state index contributed by atoms with van der Waals surface area (Å²) in [4.78, 5) is 14.2. The fraction of sp³-hybridized carbons (Fsp3) is 0.667. The zero-order valence-corrected chi connectivity index (χ0v) is 11.2. The van der Waals surface area contributed by atoms with Crippen molar-refractivity contribution in [3.05, 3.63) is 17.0 Å². The lowest BCUT2D eigenvalue weighted by atomic mass is 10.0. The maximum absolute atomic E-state index is 12.0. The van der Waals surface area contributed by atoms with Gasteiger partial charge in [-0.25, -0.2) is 0 Å². The Balaban J connectivity index is 2.20. The SMILES string of the molecule is Cn1nc(C(=O)NCCN)c2c1CCN(CCO)C2. The molecule has 1 aromatic rings. The molecule has 7 nitrogen and oxygen atoms in total. The summed E-state index contributed by atoms with van der Waals surface area (Å²) in [6.07, 6.45) is 0.850. The molecule has 0 saturated carbocycles. The number of aromatic nitrogens is 2. The molecular weight excluding hydrogens is 246 g/mol. The van der Waals surface area contributed by atoms with Gasteiger partial charge in [0.25, 0.3) is 5.91 Å². The molecule has 2 heterocycles. The summed E-state index contributed by atoms with van der Waals surface area (Å²) in [5, 5.41) is 16.1. The number of carbonyl (C=O) groups excluding carboxylic acids is 1. The monoisotopic (exact) mass is 267 g/mol. The first kappa shape index (κ1) is 14.0. The van der Waals surface area contributed by atoms with Crippen LogP contribution in [0.2, 0.25) is 0 Å². The van der Waals surface area contributed by atoms with E-state index in [1.54, 1.807) is 4.68 Å². The van der Waals surface area contributed by atoms with E-state index >= 15 is 0 Å². The van der Waals surface area contributed by atoms with Crippen molar-refractivity contribution in [3.8, 4) is 0 Å². The average molecular weight is 267 g/mol. The number of amides is 1. The van der Waals surface area contributed by atoms with Gasteiger partial charge < -0.3 is 16.2 Å². The number of rotatable bonds is 5. The van der Waals surface area contributed by atoms with Crippen LogP contribution in [0, 0.1) is 0 Å². The van der Waals surface area contributed by atoms with Gasteiger partial charge in [-0.1, -0.05) is 0 Å². The van der Waals surface area contributed by atoms with E-state index in [4.69, 9.17) is 10.8 Å². The first-order valence-corrected chi connectivity index (χ1v) is 6.53. The number of aliphatic hydroxyl groups excluding tert-OH is 1. The Bertz CT molecular complexity index is 457. The highest BCUT2D eigenvalue weighted by Crippen LogP contribution is 2.21. The number of fused-ring (bicyclic) bond motifs is 1. The molecule has 106 valence electrons. The van der Waals surface area contributed by atoms with Gasteiger partial charge in [-0.15, -0.1) is 0 Å². The van der Waals surface area contributed by atoms with E-state index in [2.05, 4.69) is 15.3 Å². The highest BCUT2D eigenvalue weighted by atomic mass is 16.3. The molecule has 1 aliphatic rings. The zero-order chi connectivity index (χ0) is 13.8. The summed E-state index contributed by atoms with van der Waals surface area (Å²) in [5.41, 5.74) is 7.94. The number of nitrogens with one attached hydrogen (secondary N) is 1. The molecule has 0 radical (unpaired) electrons. The first-order chi connectivity index (χ1) is 9.17. The minimum absolute atomic E-state index is 0.129. The molecule has 0 spiro atoms. The van der Waals surface area contributed by atoms with E-state index in [1.807, 2.05) is 7.05 Å². The van der Waals surface area contributed by atoms with Gasteiger partial charge in [0.05, 0.1) is 6.61 Å². The van der Waals surface area contributed by atoms with Crippen molar-refractivity contribution in [2.75, 3.05) is 32.8 Å². The fourth-order valence-electron chi connectivity index (χ4n) is 2.43. The molecule has 1 aliphatic heterocycles. The Labute approximate surface area is 112 Å². The topological polar surface area (TPSA) is 96.4 Å². The molecule has 0 bridgehead atoms. The number of hydrogen-bond acceptors (Lipinski definition) is 5. The summed E-state index contributed by atoms with van der Waals surface area (Å²) in [6.45, 7) is 3.16. The fourth-order valence-corrected chi connectivity index (χ4v) is 2.43. The van der Waals surface area contributed by atoms with Gasteiger partial charge in [-0.05, 0) is 0 Å². The van der Waals surface area contributed by atoms with Crippen LogP contribution < -0.4 is 11.1 Å². The van der Waals surface area contributed by atoms with Gasteiger partial charge in [-0.3, -0.25) is 14.4 Å². The van der Waals surface area contributed by atoms with Crippen molar-refractivity contribution in [1.82, 2.24) is 20.0 Å². The van der Waals surface area contributed by atoms with Crippen LogP contribution in [0.4, 0.5) is 0 Å². The lowest BCUT2D eigenvalue weighted by Gasteiger charge is -2.26. The van der Waals surface area contributed by atoms with Gasteiger partial charge in [0.2, 0.25) is 0 Å². The molecule has 0 aromatic carbocycles. The number of aliphatic hydroxyl groups is 1. The molecule has 0 aliphatic carbocycles. The summed E-state index contributed by atoms with van der Waals surface area (Å²) >= 11 is 0. The zero-order valence-electron chi connectivity index (χ0n) is 11.2. The van der Waals surface area contributed by atoms with Crippen LogP contribution in [0.25, 0.3) is 0 Å². The highest BCUT2D eigenvalue weighted by molar-refractivity contribution is 5.94. The Morgan fingerprint density at radius 3 is 3.05 bits per heavy atom. The van der Waals surface area contributed by atoms with E-state index in [9.17, 15) is 4.79 Å². The van der Waals surface area contributed by atoms with Gasteiger partial charge in [0, 0.05) is 57.4 Å². The van der Waals surface area contributed by atoms with Gasteiger partial charge in [-0.2, -0.15) is 5.10 Å². The Morgan fingerprint density at radius 1 is 1.58 bits per heavy atom. The predicted octanol–water partition coefficient (Wildman–Crippen LogP) is -1.54. The number of nitrogens with zero attached hydrogens (tertiary/aromatic N) is 3. The third-order valence-corrected chi connectivity index (χ3v) is 3.38. The van der Waals surface area contributed by atoms with Gasteiger partial charge in [0.1, 0.15) is 0 Å². The molecule has 0 atom stereocenters. The van der Waals surface area contributed by atoms with Crippen LogP contribution in [-0.4, -0.2) is 58.5 Å². The lowest BCUT2D eigenvalue weighted by molar-refractivity contribution is 0.0946. The van der Waals surface area contributed by atoms with E-state index in [0.29, 0.717) is 31.9 Å². The molecule has 0 fully saturated rings. The van der Waals surface area contributed by atoms with E-state index in [-0.39, 0.29) is 12.5 Å². The second kappa shape index (κ2) is 6.14. The molecule has 7 heteroatoms. The van der Waals surface area contributed by atoms with Crippen molar-refractivity contribution < 1.29 is 9.90 Å². The van der Waals surface area contributed by atoms with Crippen LogP contribution in [-0.2, 0) is 20.0 Å². The molecule has 1 aromatic heterocycles. The molecular formula is C12H21N5O2. The third-order valence-electron chi connectivity index (χ3n) is 3.38. The molecule has 0 saturated heterocycles. The van der Waals surface area contributed by atoms with Gasteiger partial charge >= 0.3 is 0 Å². The number of aryl methyl sites for hydroxylation is 1. The van der Waals surface area contributed by atoms with Crippen molar-refractivity contribution >= 4 is 5.91 Å². The van der Waals surface area contributed by atoms with Crippen LogP contribution in [0.15, 0.2) is 0 Å². The highest BCUT2D eigenvalue weighted by Gasteiger charge is 2.26. The largest absolute Gasteiger partial charge is 0.395 e. The van der Waals surface area contributed by atoms with Crippen LogP contribution in [0.1, 0.15) is 21.7 Å². The second-order valence-electron chi connectivity index (χ2n) is 4.69. The minimum Gasteiger partial charge on any atom is -0.395 e. The first-order valence-electron chi connectivity index (χ1n) is 6.53. The van der Waals surface area contributed by atoms with Crippen molar-refractivity contribution in [2.45, 2.75) is 13.0 Å². The van der Waals surface area contributed by atoms with E-state index in [1.165, 1.54) is 0 Å². The molecule has 0 unspecified atom stereocenters. The summed E-state index contributed by atoms with van der Waals surface area (Å²) < 4.78 is 1.78. The summed E-state index contributed by atoms with van der Waals surface area (Å²) in [7, 11) is 1.86. The van der Waals surface area contributed by atoms with Crippen LogP contribution >= 0.6 is 0 Å². The molecule has 19 heavy (non-hydrogen) atoms. The molecule has 4 N–H and O–H groups in total. The normalized spacial score (nSPS) is 15.3.